The zero-order chi connectivity index (χ0) is 15.1. The summed E-state index contributed by atoms with van der Waals surface area (Å²) in [5.41, 5.74) is 2.56. The largest absolute Gasteiger partial charge is 0.384 e. The summed E-state index contributed by atoms with van der Waals surface area (Å²) in [4.78, 5) is 12.0. The van der Waals surface area contributed by atoms with E-state index in [1.54, 1.807) is 0 Å². The van der Waals surface area contributed by atoms with Gasteiger partial charge in [0.05, 0.1) is 12.5 Å². The molecular weight excluding hydrogens is 266 g/mol. The highest BCUT2D eigenvalue weighted by atomic mass is 16.5. The van der Waals surface area contributed by atoms with Gasteiger partial charge in [0.25, 0.3) is 0 Å². The predicted molar refractivity (Wildman–Crippen MR) is 82.0 cm³/mol. The molecule has 1 amide bonds. The van der Waals surface area contributed by atoms with Crippen LogP contribution in [-0.4, -0.2) is 30.3 Å². The molecule has 1 aliphatic rings. The molecule has 1 unspecified atom stereocenters. The van der Waals surface area contributed by atoms with Gasteiger partial charge in [-0.1, -0.05) is 17.9 Å². The van der Waals surface area contributed by atoms with E-state index in [2.05, 4.69) is 17.2 Å². The van der Waals surface area contributed by atoms with Crippen LogP contribution in [0.15, 0.2) is 18.2 Å². The first-order chi connectivity index (χ1) is 10.2. The van der Waals surface area contributed by atoms with Crippen LogP contribution in [0.25, 0.3) is 0 Å². The van der Waals surface area contributed by atoms with Gasteiger partial charge in [0.1, 0.15) is 6.61 Å². The second kappa shape index (κ2) is 7.82. The maximum atomic E-state index is 12.0. The quantitative estimate of drug-likeness (QED) is 0.838. The normalized spacial score (nSPS) is 17.7. The lowest BCUT2D eigenvalue weighted by Gasteiger charge is -2.22. The van der Waals surface area contributed by atoms with Crippen molar-refractivity contribution in [2.45, 2.75) is 38.7 Å². The number of aliphatic hydroxyl groups is 1. The van der Waals surface area contributed by atoms with Gasteiger partial charge in [0, 0.05) is 17.9 Å². The van der Waals surface area contributed by atoms with E-state index in [4.69, 9.17) is 9.84 Å². The molecule has 0 bridgehead atoms. The number of amides is 1. The zero-order valence-corrected chi connectivity index (χ0v) is 12.3. The van der Waals surface area contributed by atoms with E-state index < -0.39 is 0 Å². The van der Waals surface area contributed by atoms with Gasteiger partial charge in [-0.05, 0) is 43.9 Å². The van der Waals surface area contributed by atoms with Crippen LogP contribution in [0.3, 0.4) is 0 Å². The number of nitrogens with one attached hydrogen (secondary N) is 1. The fourth-order valence-electron chi connectivity index (χ4n) is 2.36. The first-order valence-electron chi connectivity index (χ1n) is 7.31. The number of rotatable bonds is 3. The Bertz CT molecular complexity index is 551. The van der Waals surface area contributed by atoms with E-state index in [9.17, 15) is 4.79 Å². The third kappa shape index (κ3) is 4.89. The van der Waals surface area contributed by atoms with Crippen LogP contribution in [0.5, 0.6) is 0 Å². The van der Waals surface area contributed by atoms with Gasteiger partial charge >= 0.3 is 0 Å². The number of aliphatic hydroxyl groups excluding tert-OH is 1. The van der Waals surface area contributed by atoms with E-state index >= 15 is 0 Å². The van der Waals surface area contributed by atoms with Crippen molar-refractivity contribution in [3.63, 3.8) is 0 Å². The Balaban J connectivity index is 1.96. The SMILES string of the molecule is Cc1ccc(NC(=O)CC2CCCCO2)cc1C#CCO. The summed E-state index contributed by atoms with van der Waals surface area (Å²) in [5.74, 6) is 5.47. The van der Waals surface area contributed by atoms with Gasteiger partial charge in [-0.25, -0.2) is 0 Å². The number of aryl methyl sites for hydroxylation is 1. The highest BCUT2D eigenvalue weighted by Gasteiger charge is 2.17. The Morgan fingerprint density at radius 3 is 3.05 bits per heavy atom. The molecule has 112 valence electrons. The van der Waals surface area contributed by atoms with Gasteiger partial charge < -0.3 is 15.2 Å². The Hall–Kier alpha value is -1.83. The van der Waals surface area contributed by atoms with Crippen molar-refractivity contribution < 1.29 is 14.6 Å². The van der Waals surface area contributed by atoms with Gasteiger partial charge in [-0.15, -0.1) is 0 Å². The van der Waals surface area contributed by atoms with E-state index in [0.29, 0.717) is 6.42 Å². The maximum absolute atomic E-state index is 12.0. The smallest absolute Gasteiger partial charge is 0.226 e. The van der Waals surface area contributed by atoms with Crippen LogP contribution in [0.2, 0.25) is 0 Å². The Morgan fingerprint density at radius 1 is 1.48 bits per heavy atom. The molecule has 0 aromatic heterocycles. The summed E-state index contributed by atoms with van der Waals surface area (Å²) in [6.45, 7) is 2.53. The van der Waals surface area contributed by atoms with Crippen LogP contribution in [0.1, 0.15) is 36.8 Å². The summed E-state index contributed by atoms with van der Waals surface area (Å²) in [7, 11) is 0. The molecule has 21 heavy (non-hydrogen) atoms. The van der Waals surface area contributed by atoms with E-state index in [0.717, 1.165) is 42.7 Å². The molecule has 1 heterocycles. The van der Waals surface area contributed by atoms with Crippen LogP contribution in [0, 0.1) is 18.8 Å². The molecule has 1 aliphatic heterocycles. The second-order valence-electron chi connectivity index (χ2n) is 5.23. The van der Waals surface area contributed by atoms with Crippen molar-refractivity contribution in [3.8, 4) is 11.8 Å². The predicted octanol–water partition coefficient (Wildman–Crippen LogP) is 2.24. The number of carbonyl (C=O) groups is 1. The summed E-state index contributed by atoms with van der Waals surface area (Å²) in [6.07, 6.45) is 3.60. The first kappa shape index (κ1) is 15.6. The van der Waals surface area contributed by atoms with Gasteiger partial charge in [-0.3, -0.25) is 4.79 Å². The fraction of sp³-hybridized carbons (Fsp3) is 0.471. The third-order valence-electron chi connectivity index (χ3n) is 3.51. The highest BCUT2D eigenvalue weighted by Crippen LogP contribution is 2.18. The molecule has 1 atom stereocenters. The summed E-state index contributed by atoms with van der Waals surface area (Å²) in [6, 6.07) is 5.60. The lowest BCUT2D eigenvalue weighted by atomic mass is 10.1. The van der Waals surface area contributed by atoms with Crippen molar-refractivity contribution in [3.05, 3.63) is 29.3 Å². The molecule has 0 spiro atoms. The number of anilines is 1. The number of hydrogen-bond acceptors (Lipinski definition) is 3. The van der Waals surface area contributed by atoms with Crippen molar-refractivity contribution in [1.82, 2.24) is 0 Å². The van der Waals surface area contributed by atoms with Crippen molar-refractivity contribution in [1.29, 1.82) is 0 Å². The number of hydrogen-bond donors (Lipinski definition) is 2. The van der Waals surface area contributed by atoms with Gasteiger partial charge in [0.15, 0.2) is 0 Å². The number of ether oxygens (including phenoxy) is 1. The van der Waals surface area contributed by atoms with E-state index in [-0.39, 0.29) is 18.6 Å². The van der Waals surface area contributed by atoms with Crippen molar-refractivity contribution >= 4 is 11.6 Å². The van der Waals surface area contributed by atoms with Crippen LogP contribution < -0.4 is 5.32 Å². The highest BCUT2D eigenvalue weighted by molar-refractivity contribution is 5.91. The molecule has 0 aliphatic carbocycles. The van der Waals surface area contributed by atoms with Crippen LogP contribution >= 0.6 is 0 Å². The molecule has 1 saturated heterocycles. The van der Waals surface area contributed by atoms with Gasteiger partial charge in [0.2, 0.25) is 5.91 Å². The van der Waals surface area contributed by atoms with Crippen LogP contribution in [-0.2, 0) is 9.53 Å². The minimum Gasteiger partial charge on any atom is -0.384 e. The first-order valence-corrected chi connectivity index (χ1v) is 7.31. The van der Waals surface area contributed by atoms with Crippen LogP contribution in [0.4, 0.5) is 5.69 Å². The Labute approximate surface area is 125 Å². The molecule has 0 saturated carbocycles. The minimum atomic E-state index is -0.172. The Morgan fingerprint density at radius 2 is 2.33 bits per heavy atom. The maximum Gasteiger partial charge on any atom is 0.226 e. The topological polar surface area (TPSA) is 58.6 Å². The summed E-state index contributed by atoms with van der Waals surface area (Å²) in [5, 5.41) is 11.6. The zero-order valence-electron chi connectivity index (χ0n) is 12.3. The molecule has 2 N–H and O–H groups in total. The average molecular weight is 287 g/mol. The molecule has 4 heteroatoms. The van der Waals surface area contributed by atoms with E-state index in [1.807, 2.05) is 25.1 Å². The summed E-state index contributed by atoms with van der Waals surface area (Å²) >= 11 is 0. The fourth-order valence-corrected chi connectivity index (χ4v) is 2.36. The number of benzene rings is 1. The standard InChI is InChI=1S/C17H21NO3/c1-13-7-8-15(11-14(13)5-4-9-19)18-17(20)12-16-6-2-3-10-21-16/h7-8,11,16,19H,2-3,6,9-10,12H2,1H3,(H,18,20). The molecule has 4 nitrogen and oxygen atoms in total. The lowest BCUT2D eigenvalue weighted by molar-refractivity contribution is -0.119. The van der Waals surface area contributed by atoms with Gasteiger partial charge in [-0.2, -0.15) is 0 Å². The van der Waals surface area contributed by atoms with Crippen molar-refractivity contribution in [2.24, 2.45) is 0 Å². The number of carbonyl (C=O) groups excluding carboxylic acids is 1. The second-order valence-corrected chi connectivity index (χ2v) is 5.23. The average Bonchev–Trinajstić information content (AvgIpc) is 2.48. The monoisotopic (exact) mass is 287 g/mol. The molecule has 2 rings (SSSR count). The third-order valence-corrected chi connectivity index (χ3v) is 3.51. The van der Waals surface area contributed by atoms with Crippen molar-refractivity contribution in [2.75, 3.05) is 18.5 Å². The lowest BCUT2D eigenvalue weighted by Crippen LogP contribution is -2.25. The molecule has 1 aromatic carbocycles. The molecule has 0 radical (unpaired) electrons. The summed E-state index contributed by atoms with van der Waals surface area (Å²) < 4.78 is 5.57. The molecule has 1 fully saturated rings. The molecule has 1 aromatic rings. The Kier molecular flexibility index (Phi) is 5.79. The minimum absolute atomic E-state index is 0.0354. The molecular formula is C17H21NO3. The van der Waals surface area contributed by atoms with E-state index in [1.165, 1.54) is 0 Å².